The van der Waals surface area contributed by atoms with E-state index in [4.69, 9.17) is 34.8 Å². The fraction of sp³-hybridized carbons (Fsp3) is 0.259. The van der Waals surface area contributed by atoms with Crippen LogP contribution in [0.15, 0.2) is 72.8 Å². The van der Waals surface area contributed by atoms with Crippen LogP contribution >= 0.6 is 34.8 Å². The highest BCUT2D eigenvalue weighted by molar-refractivity contribution is 6.36. The van der Waals surface area contributed by atoms with E-state index < -0.39 is 6.04 Å². The molecule has 2 amide bonds. The Hall–Kier alpha value is -2.53. The summed E-state index contributed by atoms with van der Waals surface area (Å²) in [5.74, 6) is -0.440. The summed E-state index contributed by atoms with van der Waals surface area (Å²) in [5, 5.41) is 4.45. The van der Waals surface area contributed by atoms with Crippen LogP contribution in [0.3, 0.4) is 0 Å². The van der Waals surface area contributed by atoms with E-state index in [1.54, 1.807) is 47.4 Å². The Morgan fingerprint density at radius 1 is 0.824 bits per heavy atom. The van der Waals surface area contributed by atoms with Crippen molar-refractivity contribution in [2.75, 3.05) is 0 Å². The molecular formula is C27H27Cl3N2O2. The monoisotopic (exact) mass is 516 g/mol. The van der Waals surface area contributed by atoms with Crippen LogP contribution < -0.4 is 5.32 Å². The van der Waals surface area contributed by atoms with Gasteiger partial charge in [0.15, 0.2) is 0 Å². The summed E-state index contributed by atoms with van der Waals surface area (Å²) < 4.78 is 0. The predicted molar refractivity (Wildman–Crippen MR) is 139 cm³/mol. The molecule has 0 bridgehead atoms. The van der Waals surface area contributed by atoms with Crippen LogP contribution in [-0.4, -0.2) is 28.8 Å². The van der Waals surface area contributed by atoms with Gasteiger partial charge in [0.1, 0.15) is 6.04 Å². The molecule has 0 unspecified atom stereocenters. The normalized spacial score (nSPS) is 11.8. The number of amides is 2. The van der Waals surface area contributed by atoms with Gasteiger partial charge in [-0.05, 0) is 49.2 Å². The zero-order chi connectivity index (χ0) is 24.7. The van der Waals surface area contributed by atoms with Crippen LogP contribution in [0.5, 0.6) is 0 Å². The summed E-state index contributed by atoms with van der Waals surface area (Å²) in [6.07, 6.45) is 0.466. The molecule has 0 saturated carbocycles. The van der Waals surface area contributed by atoms with E-state index in [0.717, 1.165) is 11.1 Å². The lowest BCUT2D eigenvalue weighted by Crippen LogP contribution is -2.52. The molecule has 0 saturated heterocycles. The molecule has 0 fully saturated rings. The summed E-state index contributed by atoms with van der Waals surface area (Å²) in [7, 11) is 0. The first-order valence-electron chi connectivity index (χ1n) is 11.1. The van der Waals surface area contributed by atoms with Crippen molar-refractivity contribution in [2.24, 2.45) is 0 Å². The lowest BCUT2D eigenvalue weighted by Gasteiger charge is -2.32. The molecule has 34 heavy (non-hydrogen) atoms. The largest absolute Gasteiger partial charge is 0.352 e. The van der Waals surface area contributed by atoms with E-state index in [1.807, 2.05) is 44.2 Å². The van der Waals surface area contributed by atoms with Gasteiger partial charge in [-0.15, -0.1) is 0 Å². The van der Waals surface area contributed by atoms with Gasteiger partial charge in [0.05, 0.1) is 6.42 Å². The van der Waals surface area contributed by atoms with Gasteiger partial charge in [0, 0.05) is 39.6 Å². The third kappa shape index (κ3) is 7.23. The Bertz CT molecular complexity index is 1100. The maximum absolute atomic E-state index is 13.7. The van der Waals surface area contributed by atoms with Crippen molar-refractivity contribution in [3.8, 4) is 0 Å². The summed E-state index contributed by atoms with van der Waals surface area (Å²) in [5.41, 5.74) is 2.35. The minimum atomic E-state index is -0.753. The first-order chi connectivity index (χ1) is 16.2. The minimum absolute atomic E-state index is 0.0807. The van der Waals surface area contributed by atoms with Crippen LogP contribution in [0.25, 0.3) is 0 Å². The molecule has 7 heteroatoms. The average Bonchev–Trinajstić information content (AvgIpc) is 2.79. The highest BCUT2D eigenvalue weighted by atomic mass is 35.5. The highest BCUT2D eigenvalue weighted by Gasteiger charge is 2.31. The third-order valence-electron chi connectivity index (χ3n) is 5.36. The number of benzene rings is 3. The zero-order valence-electron chi connectivity index (χ0n) is 19.1. The van der Waals surface area contributed by atoms with E-state index in [9.17, 15) is 9.59 Å². The summed E-state index contributed by atoms with van der Waals surface area (Å²) in [6.45, 7) is 3.89. The van der Waals surface area contributed by atoms with Gasteiger partial charge < -0.3 is 10.2 Å². The van der Waals surface area contributed by atoms with Gasteiger partial charge in [0.25, 0.3) is 0 Å². The fourth-order valence-corrected chi connectivity index (χ4v) is 4.31. The van der Waals surface area contributed by atoms with E-state index in [0.29, 0.717) is 27.1 Å². The smallest absolute Gasteiger partial charge is 0.243 e. The van der Waals surface area contributed by atoms with E-state index >= 15 is 0 Å². The van der Waals surface area contributed by atoms with Crippen LogP contribution in [-0.2, 0) is 29.0 Å². The molecule has 3 rings (SSSR count). The van der Waals surface area contributed by atoms with Gasteiger partial charge >= 0.3 is 0 Å². The Morgan fingerprint density at radius 2 is 1.44 bits per heavy atom. The van der Waals surface area contributed by atoms with Gasteiger partial charge in [-0.2, -0.15) is 0 Å². The zero-order valence-corrected chi connectivity index (χ0v) is 21.4. The van der Waals surface area contributed by atoms with Crippen LogP contribution in [0.4, 0.5) is 0 Å². The molecule has 0 radical (unpaired) electrons. The molecule has 0 aliphatic heterocycles. The van der Waals surface area contributed by atoms with Crippen molar-refractivity contribution in [3.63, 3.8) is 0 Å². The summed E-state index contributed by atoms with van der Waals surface area (Å²) in [6, 6.07) is 21.1. The summed E-state index contributed by atoms with van der Waals surface area (Å²) >= 11 is 18.9. The van der Waals surface area contributed by atoms with Crippen molar-refractivity contribution in [1.82, 2.24) is 10.2 Å². The number of hydrogen-bond acceptors (Lipinski definition) is 2. The molecular weight excluding hydrogens is 491 g/mol. The third-order valence-corrected chi connectivity index (χ3v) is 6.32. The Labute approximate surface area is 215 Å². The highest BCUT2D eigenvalue weighted by Crippen LogP contribution is 2.27. The Balaban J connectivity index is 2.01. The average molecular weight is 518 g/mol. The maximum atomic E-state index is 13.7. The van der Waals surface area contributed by atoms with Gasteiger partial charge in [0.2, 0.25) is 11.8 Å². The van der Waals surface area contributed by atoms with Gasteiger partial charge in [-0.3, -0.25) is 9.59 Å². The van der Waals surface area contributed by atoms with Crippen LogP contribution in [0.1, 0.15) is 30.5 Å². The molecule has 0 spiro atoms. The number of carbonyl (C=O) groups excluding carboxylic acids is 2. The lowest BCUT2D eigenvalue weighted by atomic mass is 10.0. The van der Waals surface area contributed by atoms with Crippen molar-refractivity contribution in [3.05, 3.63) is 105 Å². The molecule has 0 aromatic heterocycles. The standard InChI is InChI=1S/C27H27Cl3N2O2/c1-18(2)31-27(34)25(15-19-7-4-3-5-8-19)32(17-22-23(29)9-6-10-24(22)30)26(33)16-20-11-13-21(28)14-12-20/h3-14,18,25H,15-17H2,1-2H3,(H,31,34)/t25-/m0/s1. The number of nitrogens with zero attached hydrogens (tertiary/aromatic N) is 1. The fourth-order valence-electron chi connectivity index (χ4n) is 3.67. The van der Waals surface area contributed by atoms with E-state index in [1.165, 1.54) is 0 Å². The second kappa shape index (κ2) is 12.3. The molecule has 0 heterocycles. The first kappa shape index (κ1) is 26.1. The summed E-state index contributed by atoms with van der Waals surface area (Å²) in [4.78, 5) is 28.6. The maximum Gasteiger partial charge on any atom is 0.243 e. The predicted octanol–water partition coefficient (Wildman–Crippen LogP) is 6.35. The topological polar surface area (TPSA) is 49.4 Å². The Morgan fingerprint density at radius 3 is 2.03 bits per heavy atom. The Kier molecular flexibility index (Phi) is 9.40. The van der Waals surface area contributed by atoms with E-state index in [-0.39, 0.29) is 30.8 Å². The van der Waals surface area contributed by atoms with Crippen molar-refractivity contribution >= 4 is 46.6 Å². The van der Waals surface area contributed by atoms with Crippen LogP contribution in [0.2, 0.25) is 15.1 Å². The molecule has 0 aliphatic carbocycles. The minimum Gasteiger partial charge on any atom is -0.352 e. The van der Waals surface area contributed by atoms with Crippen molar-refractivity contribution in [1.29, 1.82) is 0 Å². The number of hydrogen-bond donors (Lipinski definition) is 1. The molecule has 3 aromatic carbocycles. The number of halogens is 3. The number of carbonyl (C=O) groups is 2. The molecule has 0 aliphatic rings. The molecule has 4 nitrogen and oxygen atoms in total. The second-order valence-corrected chi connectivity index (χ2v) is 9.64. The van der Waals surface area contributed by atoms with Crippen molar-refractivity contribution < 1.29 is 9.59 Å². The van der Waals surface area contributed by atoms with E-state index in [2.05, 4.69) is 5.32 Å². The van der Waals surface area contributed by atoms with Gasteiger partial charge in [-0.1, -0.05) is 83.3 Å². The second-order valence-electron chi connectivity index (χ2n) is 8.39. The lowest BCUT2D eigenvalue weighted by molar-refractivity contribution is -0.141. The number of nitrogens with one attached hydrogen (secondary N) is 1. The molecule has 1 atom stereocenters. The van der Waals surface area contributed by atoms with Crippen molar-refractivity contribution in [2.45, 2.75) is 45.3 Å². The molecule has 178 valence electrons. The quantitative estimate of drug-likeness (QED) is 0.359. The first-order valence-corrected chi connectivity index (χ1v) is 12.2. The molecule has 1 N–H and O–H groups in total. The SMILES string of the molecule is CC(C)NC(=O)[C@H](Cc1ccccc1)N(Cc1c(Cl)cccc1Cl)C(=O)Cc1ccc(Cl)cc1. The molecule has 3 aromatic rings. The van der Waals surface area contributed by atoms with Crippen LogP contribution in [0, 0.1) is 0 Å². The van der Waals surface area contributed by atoms with Gasteiger partial charge in [-0.25, -0.2) is 0 Å². The number of rotatable bonds is 9.